The molecule has 1 aromatic heterocycles. The molecule has 0 radical (unpaired) electrons. The van der Waals surface area contributed by atoms with Crippen LogP contribution in [0, 0.1) is 0 Å². The van der Waals surface area contributed by atoms with Crippen LogP contribution in [0.4, 0.5) is 0 Å². The van der Waals surface area contributed by atoms with Gasteiger partial charge in [0.05, 0.1) is 5.69 Å². The van der Waals surface area contributed by atoms with Crippen LogP contribution in [0.15, 0.2) is 48.7 Å². The van der Waals surface area contributed by atoms with Gasteiger partial charge in [-0.1, -0.05) is 37.3 Å². The first kappa shape index (κ1) is 15.7. The standard InChI is InChI=1S/C18H25N3/c1-15(12-19-2)17-9-7-16(8-10-17)13-21(3)14-18-6-4-5-11-20-18/h4-11,15,19H,12-14H2,1-3H3. The molecule has 2 aromatic rings. The average molecular weight is 283 g/mol. The number of likely N-dealkylation sites (N-methyl/N-ethyl adjacent to an activating group) is 1. The van der Waals surface area contributed by atoms with Gasteiger partial charge in [-0.3, -0.25) is 9.88 Å². The van der Waals surface area contributed by atoms with E-state index < -0.39 is 0 Å². The molecule has 0 bridgehead atoms. The zero-order valence-corrected chi connectivity index (χ0v) is 13.2. The lowest BCUT2D eigenvalue weighted by molar-refractivity contribution is 0.315. The van der Waals surface area contributed by atoms with Crippen LogP contribution in [0.1, 0.15) is 29.7 Å². The summed E-state index contributed by atoms with van der Waals surface area (Å²) in [5.74, 6) is 0.551. The summed E-state index contributed by atoms with van der Waals surface area (Å²) in [4.78, 5) is 6.66. The number of rotatable bonds is 7. The van der Waals surface area contributed by atoms with Gasteiger partial charge in [-0.05, 0) is 43.3 Å². The van der Waals surface area contributed by atoms with E-state index in [1.165, 1.54) is 11.1 Å². The number of nitrogens with one attached hydrogen (secondary N) is 1. The smallest absolute Gasteiger partial charge is 0.0543 e. The Hall–Kier alpha value is -1.71. The van der Waals surface area contributed by atoms with Gasteiger partial charge < -0.3 is 5.32 Å². The zero-order chi connectivity index (χ0) is 15.1. The largest absolute Gasteiger partial charge is 0.319 e. The van der Waals surface area contributed by atoms with E-state index in [0.717, 1.165) is 25.3 Å². The predicted molar refractivity (Wildman–Crippen MR) is 88.2 cm³/mol. The third kappa shape index (κ3) is 4.96. The maximum absolute atomic E-state index is 4.37. The minimum absolute atomic E-state index is 0.551. The average Bonchev–Trinajstić information content (AvgIpc) is 2.49. The summed E-state index contributed by atoms with van der Waals surface area (Å²) in [6.45, 7) is 5.08. The summed E-state index contributed by atoms with van der Waals surface area (Å²) in [5.41, 5.74) is 3.84. The molecule has 0 saturated heterocycles. The van der Waals surface area contributed by atoms with Crippen molar-refractivity contribution in [1.29, 1.82) is 0 Å². The maximum atomic E-state index is 4.37. The molecule has 3 nitrogen and oxygen atoms in total. The van der Waals surface area contributed by atoms with E-state index >= 15 is 0 Å². The Morgan fingerprint density at radius 2 is 1.86 bits per heavy atom. The van der Waals surface area contributed by atoms with Crippen molar-refractivity contribution in [2.75, 3.05) is 20.6 Å². The second-order valence-corrected chi connectivity index (χ2v) is 5.69. The lowest BCUT2D eigenvalue weighted by atomic mass is 10.00. The van der Waals surface area contributed by atoms with Gasteiger partial charge in [0.1, 0.15) is 0 Å². The van der Waals surface area contributed by atoms with Crippen molar-refractivity contribution in [3.63, 3.8) is 0 Å². The van der Waals surface area contributed by atoms with Crippen molar-refractivity contribution >= 4 is 0 Å². The lowest BCUT2D eigenvalue weighted by Gasteiger charge is -2.17. The lowest BCUT2D eigenvalue weighted by Crippen LogP contribution is -2.18. The first-order chi connectivity index (χ1) is 10.2. The third-order valence-electron chi connectivity index (χ3n) is 3.67. The quantitative estimate of drug-likeness (QED) is 0.846. The fourth-order valence-corrected chi connectivity index (χ4v) is 2.51. The highest BCUT2D eigenvalue weighted by atomic mass is 15.1. The molecule has 21 heavy (non-hydrogen) atoms. The van der Waals surface area contributed by atoms with Gasteiger partial charge in [0, 0.05) is 25.8 Å². The van der Waals surface area contributed by atoms with Crippen molar-refractivity contribution in [3.05, 3.63) is 65.5 Å². The van der Waals surface area contributed by atoms with Gasteiger partial charge >= 0.3 is 0 Å². The Balaban J connectivity index is 1.90. The molecule has 0 amide bonds. The van der Waals surface area contributed by atoms with Crippen LogP contribution >= 0.6 is 0 Å². The van der Waals surface area contributed by atoms with E-state index in [0.29, 0.717) is 5.92 Å². The summed E-state index contributed by atoms with van der Waals surface area (Å²) >= 11 is 0. The Morgan fingerprint density at radius 3 is 2.48 bits per heavy atom. The normalized spacial score (nSPS) is 12.6. The second-order valence-electron chi connectivity index (χ2n) is 5.69. The van der Waals surface area contributed by atoms with Crippen molar-refractivity contribution in [2.24, 2.45) is 0 Å². The molecule has 0 saturated carbocycles. The monoisotopic (exact) mass is 283 g/mol. The van der Waals surface area contributed by atoms with Crippen LogP contribution in [0.3, 0.4) is 0 Å². The summed E-state index contributed by atoms with van der Waals surface area (Å²) in [5, 5.41) is 3.22. The molecule has 3 heteroatoms. The molecule has 2 rings (SSSR count). The third-order valence-corrected chi connectivity index (χ3v) is 3.67. The Morgan fingerprint density at radius 1 is 1.10 bits per heavy atom. The van der Waals surface area contributed by atoms with Crippen molar-refractivity contribution < 1.29 is 0 Å². The number of hydrogen-bond acceptors (Lipinski definition) is 3. The van der Waals surface area contributed by atoms with E-state index in [4.69, 9.17) is 0 Å². The molecule has 1 heterocycles. The molecule has 1 N–H and O–H groups in total. The minimum Gasteiger partial charge on any atom is -0.319 e. The van der Waals surface area contributed by atoms with Gasteiger partial charge in [-0.2, -0.15) is 0 Å². The first-order valence-corrected chi connectivity index (χ1v) is 7.51. The van der Waals surface area contributed by atoms with Crippen molar-refractivity contribution in [3.8, 4) is 0 Å². The second kappa shape index (κ2) is 7.91. The summed E-state index contributed by atoms with van der Waals surface area (Å²) in [7, 11) is 4.13. The fourth-order valence-electron chi connectivity index (χ4n) is 2.51. The SMILES string of the molecule is CNCC(C)c1ccc(CN(C)Cc2ccccn2)cc1. The van der Waals surface area contributed by atoms with Crippen molar-refractivity contribution in [2.45, 2.75) is 25.9 Å². The molecule has 112 valence electrons. The highest BCUT2D eigenvalue weighted by Gasteiger charge is 2.06. The number of benzene rings is 1. The van der Waals surface area contributed by atoms with Gasteiger partial charge in [0.2, 0.25) is 0 Å². The molecule has 0 aliphatic rings. The van der Waals surface area contributed by atoms with Gasteiger partial charge in [0.15, 0.2) is 0 Å². The highest BCUT2D eigenvalue weighted by Crippen LogP contribution is 2.16. The number of hydrogen-bond donors (Lipinski definition) is 1. The number of nitrogens with zero attached hydrogens (tertiary/aromatic N) is 2. The van der Waals surface area contributed by atoms with E-state index in [1.54, 1.807) is 0 Å². The molecule has 1 aromatic carbocycles. The fraction of sp³-hybridized carbons (Fsp3) is 0.389. The number of pyridine rings is 1. The zero-order valence-electron chi connectivity index (χ0n) is 13.2. The van der Waals surface area contributed by atoms with Crippen LogP contribution in [-0.4, -0.2) is 30.5 Å². The molecule has 1 unspecified atom stereocenters. The van der Waals surface area contributed by atoms with Crippen LogP contribution in [0.2, 0.25) is 0 Å². The summed E-state index contributed by atoms with van der Waals surface area (Å²) in [6, 6.07) is 15.0. The van der Waals surface area contributed by atoms with Crippen LogP contribution in [0.25, 0.3) is 0 Å². The molecule has 0 spiro atoms. The summed E-state index contributed by atoms with van der Waals surface area (Å²) in [6.07, 6.45) is 1.85. The minimum atomic E-state index is 0.551. The van der Waals surface area contributed by atoms with E-state index in [-0.39, 0.29) is 0 Å². The maximum Gasteiger partial charge on any atom is 0.0543 e. The van der Waals surface area contributed by atoms with Gasteiger partial charge in [-0.25, -0.2) is 0 Å². The highest BCUT2D eigenvalue weighted by molar-refractivity contribution is 5.25. The first-order valence-electron chi connectivity index (χ1n) is 7.51. The topological polar surface area (TPSA) is 28.2 Å². The van der Waals surface area contributed by atoms with E-state index in [2.05, 4.69) is 59.5 Å². The Kier molecular flexibility index (Phi) is 5.90. The predicted octanol–water partition coefficient (Wildman–Crippen LogP) is 3.04. The summed E-state index contributed by atoms with van der Waals surface area (Å²) < 4.78 is 0. The molecule has 1 atom stereocenters. The molecular formula is C18H25N3. The van der Waals surface area contributed by atoms with Crippen molar-refractivity contribution in [1.82, 2.24) is 15.2 Å². The van der Waals surface area contributed by atoms with Gasteiger partial charge in [-0.15, -0.1) is 0 Å². The molecular weight excluding hydrogens is 258 g/mol. The molecule has 0 aliphatic heterocycles. The van der Waals surface area contributed by atoms with E-state index in [1.807, 2.05) is 25.4 Å². The van der Waals surface area contributed by atoms with Gasteiger partial charge in [0.25, 0.3) is 0 Å². The molecule has 0 fully saturated rings. The van der Waals surface area contributed by atoms with Crippen LogP contribution in [-0.2, 0) is 13.1 Å². The van der Waals surface area contributed by atoms with Crippen LogP contribution in [0.5, 0.6) is 0 Å². The Bertz CT molecular complexity index is 522. The van der Waals surface area contributed by atoms with Crippen LogP contribution < -0.4 is 5.32 Å². The molecule has 0 aliphatic carbocycles. The number of aromatic nitrogens is 1. The Labute approximate surface area is 128 Å². The van der Waals surface area contributed by atoms with E-state index in [9.17, 15) is 0 Å².